The maximum atomic E-state index is 4.63. The van der Waals surface area contributed by atoms with Gasteiger partial charge in [0, 0.05) is 17.3 Å². The first-order valence-electron chi connectivity index (χ1n) is 6.55. The van der Waals surface area contributed by atoms with Crippen molar-refractivity contribution < 1.29 is 0 Å². The lowest BCUT2D eigenvalue weighted by Crippen LogP contribution is -2.23. The summed E-state index contributed by atoms with van der Waals surface area (Å²) in [5.41, 5.74) is 2.94. The Morgan fingerprint density at radius 3 is 2.94 bits per heavy atom. The number of fused-ring (bicyclic) bond motifs is 1. The fourth-order valence-electron chi connectivity index (χ4n) is 3.01. The average molecular weight is 219 g/mol. The highest BCUT2D eigenvalue weighted by atomic mass is 15.3. The quantitative estimate of drug-likeness (QED) is 0.846. The molecule has 0 aromatic carbocycles. The van der Waals surface area contributed by atoms with E-state index in [4.69, 9.17) is 0 Å². The SMILES string of the molecule is CNC1CCCc2c1cnn2C(C)C1CC1. The fourth-order valence-corrected chi connectivity index (χ4v) is 3.01. The fraction of sp³-hybridized carbons (Fsp3) is 0.769. The molecule has 3 rings (SSSR count). The van der Waals surface area contributed by atoms with Crippen LogP contribution < -0.4 is 5.32 Å². The predicted octanol–water partition coefficient (Wildman–Crippen LogP) is 2.45. The van der Waals surface area contributed by atoms with Gasteiger partial charge in [0.25, 0.3) is 0 Å². The topological polar surface area (TPSA) is 29.9 Å². The summed E-state index contributed by atoms with van der Waals surface area (Å²) in [6.07, 6.45) is 8.64. The maximum Gasteiger partial charge on any atom is 0.0540 e. The van der Waals surface area contributed by atoms with Gasteiger partial charge < -0.3 is 5.32 Å². The highest BCUT2D eigenvalue weighted by Gasteiger charge is 2.32. The lowest BCUT2D eigenvalue weighted by atomic mass is 9.93. The number of rotatable bonds is 3. The summed E-state index contributed by atoms with van der Waals surface area (Å²) in [5.74, 6) is 0.888. The second kappa shape index (κ2) is 3.88. The Morgan fingerprint density at radius 1 is 1.44 bits per heavy atom. The lowest BCUT2D eigenvalue weighted by Gasteiger charge is -2.24. The van der Waals surface area contributed by atoms with E-state index in [0.29, 0.717) is 12.1 Å². The second-order valence-corrected chi connectivity index (χ2v) is 5.30. The molecular formula is C13H21N3. The molecule has 0 radical (unpaired) electrons. The summed E-state index contributed by atoms with van der Waals surface area (Å²) in [6, 6.07) is 1.14. The molecule has 2 unspecified atom stereocenters. The van der Waals surface area contributed by atoms with Gasteiger partial charge in [0.2, 0.25) is 0 Å². The van der Waals surface area contributed by atoms with Gasteiger partial charge in [-0.05, 0) is 52.0 Å². The van der Waals surface area contributed by atoms with Gasteiger partial charge in [0.1, 0.15) is 0 Å². The van der Waals surface area contributed by atoms with E-state index in [1.807, 2.05) is 0 Å². The van der Waals surface area contributed by atoms with Gasteiger partial charge in [0.15, 0.2) is 0 Å². The third-order valence-corrected chi connectivity index (χ3v) is 4.25. The monoisotopic (exact) mass is 219 g/mol. The van der Waals surface area contributed by atoms with Crippen LogP contribution >= 0.6 is 0 Å². The highest BCUT2D eigenvalue weighted by Crippen LogP contribution is 2.41. The Morgan fingerprint density at radius 2 is 2.25 bits per heavy atom. The van der Waals surface area contributed by atoms with Crippen LogP contribution in [0.3, 0.4) is 0 Å². The van der Waals surface area contributed by atoms with Crippen LogP contribution in [0.4, 0.5) is 0 Å². The number of aromatic nitrogens is 2. The number of hydrogen-bond donors (Lipinski definition) is 1. The van der Waals surface area contributed by atoms with Crippen molar-refractivity contribution in [3.8, 4) is 0 Å². The summed E-state index contributed by atoms with van der Waals surface area (Å²) in [4.78, 5) is 0. The third-order valence-electron chi connectivity index (χ3n) is 4.25. The van der Waals surface area contributed by atoms with Crippen LogP contribution in [0.1, 0.15) is 55.9 Å². The van der Waals surface area contributed by atoms with Crippen LogP contribution in [0, 0.1) is 5.92 Å². The largest absolute Gasteiger partial charge is 0.313 e. The molecule has 1 N–H and O–H groups in total. The van der Waals surface area contributed by atoms with Crippen LogP contribution in [0.15, 0.2) is 6.20 Å². The van der Waals surface area contributed by atoms with Crippen LogP contribution in [-0.4, -0.2) is 16.8 Å². The van der Waals surface area contributed by atoms with E-state index in [1.165, 1.54) is 43.4 Å². The summed E-state index contributed by atoms with van der Waals surface area (Å²) in [6.45, 7) is 2.33. The molecule has 0 aliphatic heterocycles. The van der Waals surface area contributed by atoms with Crippen molar-refractivity contribution in [3.63, 3.8) is 0 Å². The molecule has 0 spiro atoms. The molecule has 1 saturated carbocycles. The average Bonchev–Trinajstić information content (AvgIpc) is 3.07. The van der Waals surface area contributed by atoms with Gasteiger partial charge >= 0.3 is 0 Å². The molecule has 2 atom stereocenters. The summed E-state index contributed by atoms with van der Waals surface area (Å²) in [5, 5.41) is 8.04. The van der Waals surface area contributed by atoms with Gasteiger partial charge in [-0.25, -0.2) is 0 Å². The van der Waals surface area contributed by atoms with Gasteiger partial charge in [-0.3, -0.25) is 4.68 Å². The molecular weight excluding hydrogens is 198 g/mol. The van der Waals surface area contributed by atoms with Gasteiger partial charge in [-0.2, -0.15) is 5.10 Å². The zero-order valence-electron chi connectivity index (χ0n) is 10.2. The Balaban J connectivity index is 1.92. The Bertz CT molecular complexity index is 379. The lowest BCUT2D eigenvalue weighted by molar-refractivity contribution is 0.407. The summed E-state index contributed by atoms with van der Waals surface area (Å²) >= 11 is 0. The Labute approximate surface area is 97.2 Å². The molecule has 3 heteroatoms. The van der Waals surface area contributed by atoms with Crippen LogP contribution in [-0.2, 0) is 6.42 Å². The van der Waals surface area contributed by atoms with E-state index < -0.39 is 0 Å². The van der Waals surface area contributed by atoms with Crippen molar-refractivity contribution in [3.05, 3.63) is 17.5 Å². The molecule has 1 fully saturated rings. The number of hydrogen-bond acceptors (Lipinski definition) is 2. The van der Waals surface area contributed by atoms with Crippen LogP contribution in [0.2, 0.25) is 0 Å². The minimum Gasteiger partial charge on any atom is -0.313 e. The Kier molecular flexibility index (Phi) is 2.51. The van der Waals surface area contributed by atoms with E-state index in [0.717, 1.165) is 5.92 Å². The predicted molar refractivity (Wildman–Crippen MR) is 64.4 cm³/mol. The minimum atomic E-state index is 0.531. The van der Waals surface area contributed by atoms with Gasteiger partial charge in [-0.15, -0.1) is 0 Å². The molecule has 16 heavy (non-hydrogen) atoms. The molecule has 3 nitrogen and oxygen atoms in total. The molecule has 1 heterocycles. The van der Waals surface area contributed by atoms with Crippen molar-refractivity contribution >= 4 is 0 Å². The third kappa shape index (κ3) is 1.58. The summed E-state index contributed by atoms with van der Waals surface area (Å²) < 4.78 is 2.30. The van der Waals surface area contributed by atoms with Crippen molar-refractivity contribution in [1.29, 1.82) is 0 Å². The number of nitrogens with zero attached hydrogens (tertiary/aromatic N) is 2. The molecule has 0 bridgehead atoms. The van der Waals surface area contributed by atoms with Gasteiger partial charge in [-0.1, -0.05) is 0 Å². The van der Waals surface area contributed by atoms with Crippen molar-refractivity contribution in [1.82, 2.24) is 15.1 Å². The summed E-state index contributed by atoms with van der Waals surface area (Å²) in [7, 11) is 2.06. The minimum absolute atomic E-state index is 0.531. The first-order valence-corrected chi connectivity index (χ1v) is 6.55. The normalized spacial score (nSPS) is 26.5. The van der Waals surface area contributed by atoms with E-state index in [2.05, 4.69) is 35.3 Å². The highest BCUT2D eigenvalue weighted by molar-refractivity contribution is 5.25. The smallest absolute Gasteiger partial charge is 0.0540 e. The molecule has 0 saturated heterocycles. The van der Waals surface area contributed by atoms with Crippen LogP contribution in [0.5, 0.6) is 0 Å². The molecule has 2 aliphatic rings. The molecule has 88 valence electrons. The second-order valence-electron chi connectivity index (χ2n) is 5.30. The maximum absolute atomic E-state index is 4.63. The Hall–Kier alpha value is -0.830. The first kappa shape index (κ1) is 10.3. The zero-order valence-corrected chi connectivity index (χ0v) is 10.2. The standard InChI is InChI=1S/C13H21N3/c1-9(10-6-7-10)16-13-5-3-4-12(14-2)11(13)8-15-16/h8-10,12,14H,3-7H2,1-2H3. The van der Waals surface area contributed by atoms with E-state index in [9.17, 15) is 0 Å². The zero-order chi connectivity index (χ0) is 11.1. The molecule has 0 amide bonds. The molecule has 1 aromatic heterocycles. The van der Waals surface area contributed by atoms with Crippen molar-refractivity contribution in [2.24, 2.45) is 5.92 Å². The number of nitrogens with one attached hydrogen (secondary N) is 1. The van der Waals surface area contributed by atoms with E-state index in [1.54, 1.807) is 0 Å². The molecule has 1 aromatic rings. The first-order chi connectivity index (χ1) is 7.81. The van der Waals surface area contributed by atoms with Crippen molar-refractivity contribution in [2.75, 3.05) is 7.05 Å². The van der Waals surface area contributed by atoms with Crippen molar-refractivity contribution in [2.45, 2.75) is 51.1 Å². The van der Waals surface area contributed by atoms with Gasteiger partial charge in [0.05, 0.1) is 12.2 Å². The van der Waals surface area contributed by atoms with E-state index >= 15 is 0 Å². The molecule has 2 aliphatic carbocycles. The van der Waals surface area contributed by atoms with E-state index in [-0.39, 0.29) is 0 Å². The van der Waals surface area contributed by atoms with Crippen LogP contribution in [0.25, 0.3) is 0 Å².